The smallest absolute Gasteiger partial charge is 0.315 e. The van der Waals surface area contributed by atoms with Gasteiger partial charge in [0.05, 0.1) is 0 Å². The van der Waals surface area contributed by atoms with E-state index in [9.17, 15) is 4.79 Å². The number of hydrogen-bond donors (Lipinski definition) is 3. The fourth-order valence-electron chi connectivity index (χ4n) is 2.51. The minimum atomic E-state index is -0.119. The summed E-state index contributed by atoms with van der Waals surface area (Å²) >= 11 is 0. The van der Waals surface area contributed by atoms with Gasteiger partial charge in [0.2, 0.25) is 0 Å². The van der Waals surface area contributed by atoms with Gasteiger partial charge in [0.25, 0.3) is 0 Å². The van der Waals surface area contributed by atoms with E-state index in [0.717, 1.165) is 24.8 Å². The van der Waals surface area contributed by atoms with E-state index in [1.54, 1.807) is 0 Å². The van der Waals surface area contributed by atoms with Crippen LogP contribution in [-0.4, -0.2) is 18.1 Å². The van der Waals surface area contributed by atoms with Crippen molar-refractivity contribution in [3.05, 3.63) is 35.9 Å². The zero-order chi connectivity index (χ0) is 13.5. The average molecular weight is 261 g/mol. The van der Waals surface area contributed by atoms with Gasteiger partial charge in [-0.3, -0.25) is 0 Å². The molecule has 0 aromatic heterocycles. The number of nitrogens with two attached hydrogens (primary N) is 1. The van der Waals surface area contributed by atoms with E-state index < -0.39 is 0 Å². The second-order valence-electron chi connectivity index (χ2n) is 5.22. The average Bonchev–Trinajstić information content (AvgIpc) is 2.63. The molecule has 0 aliphatic heterocycles. The van der Waals surface area contributed by atoms with E-state index in [-0.39, 0.29) is 18.1 Å². The zero-order valence-corrected chi connectivity index (χ0v) is 11.3. The van der Waals surface area contributed by atoms with Gasteiger partial charge in [0, 0.05) is 18.6 Å². The van der Waals surface area contributed by atoms with Crippen molar-refractivity contribution in [2.24, 2.45) is 5.73 Å². The fourth-order valence-corrected chi connectivity index (χ4v) is 2.51. The molecule has 4 nitrogen and oxygen atoms in total. The Bertz CT molecular complexity index is 394. The number of urea groups is 1. The molecule has 0 heterocycles. The lowest BCUT2D eigenvalue weighted by Crippen LogP contribution is -2.50. The molecule has 2 amide bonds. The molecule has 1 aromatic carbocycles. The summed E-state index contributed by atoms with van der Waals surface area (Å²) in [6.45, 7) is 0.550. The van der Waals surface area contributed by atoms with Gasteiger partial charge in [-0.05, 0) is 18.4 Å². The highest BCUT2D eigenvalue weighted by molar-refractivity contribution is 5.74. The SMILES string of the molecule is NC1CCCCCC1NC(=O)NCc1ccccc1. The Morgan fingerprint density at radius 2 is 1.89 bits per heavy atom. The van der Waals surface area contributed by atoms with Crippen molar-refractivity contribution >= 4 is 6.03 Å². The van der Waals surface area contributed by atoms with Gasteiger partial charge in [-0.15, -0.1) is 0 Å². The molecule has 1 aliphatic carbocycles. The first-order chi connectivity index (χ1) is 9.25. The Labute approximate surface area is 114 Å². The highest BCUT2D eigenvalue weighted by Gasteiger charge is 2.21. The maximum atomic E-state index is 11.9. The lowest BCUT2D eigenvalue weighted by molar-refractivity contribution is 0.233. The third kappa shape index (κ3) is 4.56. The topological polar surface area (TPSA) is 67.1 Å². The summed E-state index contributed by atoms with van der Waals surface area (Å²) in [6, 6.07) is 9.98. The zero-order valence-electron chi connectivity index (χ0n) is 11.3. The molecule has 0 radical (unpaired) electrons. The molecule has 1 saturated carbocycles. The van der Waals surface area contributed by atoms with Crippen LogP contribution in [0.25, 0.3) is 0 Å². The van der Waals surface area contributed by atoms with Crippen molar-refractivity contribution < 1.29 is 4.79 Å². The predicted molar refractivity (Wildman–Crippen MR) is 76.7 cm³/mol. The van der Waals surface area contributed by atoms with Crippen LogP contribution in [0.4, 0.5) is 4.79 Å². The molecular weight excluding hydrogens is 238 g/mol. The summed E-state index contributed by atoms with van der Waals surface area (Å²) in [7, 11) is 0. The molecule has 1 aromatic rings. The lowest BCUT2D eigenvalue weighted by atomic mass is 10.0. The first-order valence-corrected chi connectivity index (χ1v) is 7.09. The number of carbonyl (C=O) groups is 1. The minimum Gasteiger partial charge on any atom is -0.334 e. The van der Waals surface area contributed by atoms with Crippen molar-refractivity contribution in [1.82, 2.24) is 10.6 Å². The van der Waals surface area contributed by atoms with Crippen LogP contribution in [0, 0.1) is 0 Å². The summed E-state index contributed by atoms with van der Waals surface area (Å²) in [6.07, 6.45) is 5.53. The summed E-state index contributed by atoms with van der Waals surface area (Å²) in [4.78, 5) is 11.9. The number of rotatable bonds is 3. The summed E-state index contributed by atoms with van der Waals surface area (Å²) in [5.41, 5.74) is 7.19. The molecule has 2 atom stereocenters. The molecule has 2 rings (SSSR count). The molecule has 104 valence electrons. The highest BCUT2D eigenvalue weighted by Crippen LogP contribution is 2.16. The van der Waals surface area contributed by atoms with Gasteiger partial charge < -0.3 is 16.4 Å². The van der Waals surface area contributed by atoms with Crippen molar-refractivity contribution in [3.63, 3.8) is 0 Å². The molecule has 0 bridgehead atoms. The van der Waals surface area contributed by atoms with E-state index in [2.05, 4.69) is 10.6 Å². The third-order valence-electron chi connectivity index (χ3n) is 3.68. The van der Waals surface area contributed by atoms with E-state index in [4.69, 9.17) is 5.73 Å². The second-order valence-corrected chi connectivity index (χ2v) is 5.22. The fraction of sp³-hybridized carbons (Fsp3) is 0.533. The third-order valence-corrected chi connectivity index (χ3v) is 3.68. The van der Waals surface area contributed by atoms with Crippen LogP contribution in [0.5, 0.6) is 0 Å². The Morgan fingerprint density at radius 1 is 1.16 bits per heavy atom. The monoisotopic (exact) mass is 261 g/mol. The summed E-state index contributed by atoms with van der Waals surface area (Å²) < 4.78 is 0. The van der Waals surface area contributed by atoms with Crippen molar-refractivity contribution in [2.75, 3.05) is 0 Å². The summed E-state index contributed by atoms with van der Waals surface area (Å²) in [5.74, 6) is 0. The minimum absolute atomic E-state index is 0.0879. The Balaban J connectivity index is 1.77. The van der Waals surface area contributed by atoms with Crippen LogP contribution in [0.3, 0.4) is 0 Å². The molecule has 19 heavy (non-hydrogen) atoms. The van der Waals surface area contributed by atoms with Gasteiger partial charge in [-0.1, -0.05) is 49.6 Å². The Kier molecular flexibility index (Phi) is 5.21. The maximum Gasteiger partial charge on any atom is 0.315 e. The predicted octanol–water partition coefficient (Wildman–Crippen LogP) is 2.15. The molecule has 0 spiro atoms. The molecule has 1 aliphatic rings. The molecule has 1 fully saturated rings. The van der Waals surface area contributed by atoms with Crippen LogP contribution in [0.15, 0.2) is 30.3 Å². The first kappa shape index (κ1) is 13.9. The Morgan fingerprint density at radius 3 is 2.68 bits per heavy atom. The lowest BCUT2D eigenvalue weighted by Gasteiger charge is -2.22. The van der Waals surface area contributed by atoms with Crippen LogP contribution in [0.1, 0.15) is 37.7 Å². The van der Waals surface area contributed by atoms with Gasteiger partial charge >= 0.3 is 6.03 Å². The van der Waals surface area contributed by atoms with E-state index in [1.165, 1.54) is 12.8 Å². The van der Waals surface area contributed by atoms with Crippen molar-refractivity contribution in [2.45, 2.75) is 50.7 Å². The van der Waals surface area contributed by atoms with E-state index in [0.29, 0.717) is 6.54 Å². The maximum absolute atomic E-state index is 11.9. The van der Waals surface area contributed by atoms with Crippen molar-refractivity contribution in [3.8, 4) is 0 Å². The molecule has 4 heteroatoms. The molecule has 0 saturated heterocycles. The van der Waals surface area contributed by atoms with Crippen LogP contribution < -0.4 is 16.4 Å². The van der Waals surface area contributed by atoms with E-state index >= 15 is 0 Å². The van der Waals surface area contributed by atoms with Gasteiger partial charge in [0.15, 0.2) is 0 Å². The standard InChI is InChI=1S/C15H23N3O/c16-13-9-5-2-6-10-14(13)18-15(19)17-11-12-7-3-1-4-8-12/h1,3-4,7-8,13-14H,2,5-6,9-11,16H2,(H2,17,18,19). The number of carbonyl (C=O) groups excluding carboxylic acids is 1. The van der Waals surface area contributed by atoms with Crippen LogP contribution in [0.2, 0.25) is 0 Å². The number of amides is 2. The normalized spacial score (nSPS) is 23.4. The number of benzene rings is 1. The quantitative estimate of drug-likeness (QED) is 0.730. The summed E-state index contributed by atoms with van der Waals surface area (Å²) in [5, 5.41) is 5.89. The van der Waals surface area contributed by atoms with Gasteiger partial charge in [-0.25, -0.2) is 4.79 Å². The van der Waals surface area contributed by atoms with Crippen LogP contribution in [-0.2, 0) is 6.54 Å². The first-order valence-electron chi connectivity index (χ1n) is 7.09. The highest BCUT2D eigenvalue weighted by atomic mass is 16.2. The van der Waals surface area contributed by atoms with Crippen molar-refractivity contribution in [1.29, 1.82) is 0 Å². The Hall–Kier alpha value is -1.55. The number of hydrogen-bond acceptors (Lipinski definition) is 2. The molecular formula is C15H23N3O. The number of nitrogens with one attached hydrogen (secondary N) is 2. The van der Waals surface area contributed by atoms with Gasteiger partial charge in [-0.2, -0.15) is 0 Å². The van der Waals surface area contributed by atoms with E-state index in [1.807, 2.05) is 30.3 Å². The van der Waals surface area contributed by atoms with Gasteiger partial charge in [0.1, 0.15) is 0 Å². The molecule has 4 N–H and O–H groups in total. The second kappa shape index (κ2) is 7.14. The molecule has 2 unspecified atom stereocenters. The van der Waals surface area contributed by atoms with Crippen LogP contribution >= 0.6 is 0 Å². The largest absolute Gasteiger partial charge is 0.334 e.